The molecule has 1 N–H and O–H groups in total. The highest BCUT2D eigenvalue weighted by Gasteiger charge is 2.11. The van der Waals surface area contributed by atoms with Gasteiger partial charge in [0.2, 0.25) is 0 Å². The zero-order valence-electron chi connectivity index (χ0n) is 6.80. The quantitative estimate of drug-likeness (QED) is 0.750. The first-order valence-corrected chi connectivity index (χ1v) is 4.40. The number of hydrogen-bond acceptors (Lipinski definition) is 1. The van der Waals surface area contributed by atoms with Crippen LogP contribution < -0.4 is 0 Å². The fourth-order valence-electron chi connectivity index (χ4n) is 0.988. The molecule has 1 rings (SSSR count). The molecule has 13 heavy (non-hydrogen) atoms. The molecule has 1 nitrogen and oxygen atoms in total. The van der Waals surface area contributed by atoms with Crippen molar-refractivity contribution in [3.63, 3.8) is 0 Å². The van der Waals surface area contributed by atoms with Crippen molar-refractivity contribution < 1.29 is 5.11 Å². The second-order valence-electron chi connectivity index (χ2n) is 2.45. The molecule has 0 heterocycles. The summed E-state index contributed by atoms with van der Waals surface area (Å²) in [7, 11) is 0. The van der Waals surface area contributed by atoms with Gasteiger partial charge in [0.25, 0.3) is 0 Å². The summed E-state index contributed by atoms with van der Waals surface area (Å²) in [4.78, 5) is 0. The molecular weight excluding hydrogens is 207 g/mol. The lowest BCUT2D eigenvalue weighted by Crippen LogP contribution is -1.94. The highest BCUT2D eigenvalue weighted by Crippen LogP contribution is 2.30. The average Bonchev–Trinajstić information content (AvgIpc) is 2.04. The molecule has 0 spiro atoms. The van der Waals surface area contributed by atoms with Gasteiger partial charge in [0.1, 0.15) is 6.10 Å². The Morgan fingerprint density at radius 3 is 2.38 bits per heavy atom. The van der Waals surface area contributed by atoms with Crippen LogP contribution in [-0.2, 0) is 0 Å². The van der Waals surface area contributed by atoms with E-state index in [1.165, 1.54) is 6.08 Å². The molecule has 0 saturated carbocycles. The summed E-state index contributed by atoms with van der Waals surface area (Å²) >= 11 is 11.7. The lowest BCUT2D eigenvalue weighted by Gasteiger charge is -2.09. The van der Waals surface area contributed by atoms with Gasteiger partial charge in [0.15, 0.2) is 0 Å². The summed E-state index contributed by atoms with van der Waals surface area (Å²) < 4.78 is 0. The molecular formula is C10H8Cl2O. The van der Waals surface area contributed by atoms with Crippen LogP contribution in [0.2, 0.25) is 10.0 Å². The summed E-state index contributed by atoms with van der Waals surface area (Å²) in [6, 6.07) is 5.06. The van der Waals surface area contributed by atoms with Gasteiger partial charge in [-0.1, -0.05) is 35.8 Å². The number of rotatable bonds is 2. The maximum Gasteiger partial charge on any atom is 0.107 e. The van der Waals surface area contributed by atoms with Crippen LogP contribution in [0.3, 0.4) is 0 Å². The van der Waals surface area contributed by atoms with Crippen molar-refractivity contribution in [2.24, 2.45) is 0 Å². The SMILES string of the molecule is C=C=CC(O)c1c(Cl)cccc1Cl. The summed E-state index contributed by atoms with van der Waals surface area (Å²) in [6.45, 7) is 3.36. The Kier molecular flexibility index (Phi) is 3.58. The van der Waals surface area contributed by atoms with Gasteiger partial charge in [-0.25, -0.2) is 0 Å². The Hall–Kier alpha value is -0.720. The minimum absolute atomic E-state index is 0.437. The van der Waals surface area contributed by atoms with Crippen LogP contribution >= 0.6 is 23.2 Å². The fourth-order valence-corrected chi connectivity index (χ4v) is 1.61. The monoisotopic (exact) mass is 214 g/mol. The van der Waals surface area contributed by atoms with E-state index in [0.717, 1.165) is 0 Å². The van der Waals surface area contributed by atoms with Crippen molar-refractivity contribution in [1.82, 2.24) is 0 Å². The minimum Gasteiger partial charge on any atom is -0.384 e. The van der Waals surface area contributed by atoms with Crippen LogP contribution in [0.15, 0.2) is 36.6 Å². The van der Waals surface area contributed by atoms with Crippen molar-refractivity contribution in [3.05, 3.63) is 52.2 Å². The Balaban J connectivity index is 3.19. The van der Waals surface area contributed by atoms with Crippen molar-refractivity contribution in [2.75, 3.05) is 0 Å². The third kappa shape index (κ3) is 2.36. The minimum atomic E-state index is -0.848. The van der Waals surface area contributed by atoms with Gasteiger partial charge in [-0.3, -0.25) is 0 Å². The molecule has 0 aliphatic heterocycles. The lowest BCUT2D eigenvalue weighted by molar-refractivity contribution is 0.229. The van der Waals surface area contributed by atoms with Gasteiger partial charge < -0.3 is 5.11 Å². The van der Waals surface area contributed by atoms with E-state index in [9.17, 15) is 5.11 Å². The normalized spacial score (nSPS) is 11.9. The summed E-state index contributed by atoms with van der Waals surface area (Å²) in [5.41, 5.74) is 2.97. The molecule has 0 bridgehead atoms. The van der Waals surface area contributed by atoms with E-state index in [2.05, 4.69) is 12.3 Å². The molecule has 3 heteroatoms. The van der Waals surface area contributed by atoms with Gasteiger partial charge in [0.05, 0.1) is 0 Å². The first-order chi connectivity index (χ1) is 6.16. The van der Waals surface area contributed by atoms with Gasteiger partial charge in [-0.15, -0.1) is 5.73 Å². The summed E-state index contributed by atoms with van der Waals surface area (Å²) in [5.74, 6) is 0. The first-order valence-electron chi connectivity index (χ1n) is 3.64. The molecule has 68 valence electrons. The Morgan fingerprint density at radius 2 is 1.92 bits per heavy atom. The Bertz CT molecular complexity index is 334. The zero-order chi connectivity index (χ0) is 9.84. The van der Waals surface area contributed by atoms with Gasteiger partial charge in [-0.2, -0.15) is 0 Å². The van der Waals surface area contributed by atoms with Crippen LogP contribution in [0.25, 0.3) is 0 Å². The summed E-state index contributed by atoms with van der Waals surface area (Å²) in [6.07, 6.45) is 0.547. The van der Waals surface area contributed by atoms with Gasteiger partial charge >= 0.3 is 0 Å². The molecule has 1 atom stereocenters. The first kappa shape index (κ1) is 10.4. The lowest BCUT2D eigenvalue weighted by atomic mass is 10.1. The average molecular weight is 215 g/mol. The van der Waals surface area contributed by atoms with E-state index in [1.807, 2.05) is 0 Å². The molecule has 0 aliphatic carbocycles. The van der Waals surface area contributed by atoms with Crippen LogP contribution in [0.5, 0.6) is 0 Å². The highest BCUT2D eigenvalue weighted by atomic mass is 35.5. The fraction of sp³-hybridized carbons (Fsp3) is 0.100. The van der Waals surface area contributed by atoms with E-state index < -0.39 is 6.10 Å². The standard InChI is InChI=1S/C10H8Cl2O/c1-2-4-9(13)10-7(11)5-3-6-8(10)12/h3-6,9,13H,1H2. The Morgan fingerprint density at radius 1 is 1.38 bits per heavy atom. The summed E-state index contributed by atoms with van der Waals surface area (Å²) in [5, 5.41) is 10.4. The van der Waals surface area contributed by atoms with Crippen molar-refractivity contribution in [2.45, 2.75) is 6.10 Å². The van der Waals surface area contributed by atoms with E-state index in [4.69, 9.17) is 23.2 Å². The Labute approximate surface area is 86.9 Å². The largest absolute Gasteiger partial charge is 0.384 e. The molecule has 0 amide bonds. The van der Waals surface area contributed by atoms with E-state index in [0.29, 0.717) is 15.6 Å². The second kappa shape index (κ2) is 4.50. The van der Waals surface area contributed by atoms with Crippen LogP contribution in [0.1, 0.15) is 11.7 Å². The molecule has 1 aromatic carbocycles. The third-order valence-electron chi connectivity index (χ3n) is 1.57. The predicted octanol–water partition coefficient (Wildman–Crippen LogP) is 3.37. The van der Waals surface area contributed by atoms with Crippen molar-refractivity contribution >= 4 is 23.2 Å². The van der Waals surface area contributed by atoms with E-state index in [-0.39, 0.29) is 0 Å². The molecule has 0 aliphatic rings. The molecule has 1 unspecified atom stereocenters. The molecule has 0 aromatic heterocycles. The molecule has 1 aromatic rings. The number of hydrogen-bond donors (Lipinski definition) is 1. The van der Waals surface area contributed by atoms with Crippen molar-refractivity contribution in [1.29, 1.82) is 0 Å². The third-order valence-corrected chi connectivity index (χ3v) is 2.23. The smallest absolute Gasteiger partial charge is 0.107 e. The number of benzene rings is 1. The van der Waals surface area contributed by atoms with Gasteiger partial charge in [0, 0.05) is 15.6 Å². The molecule has 0 saturated heterocycles. The van der Waals surface area contributed by atoms with Gasteiger partial charge in [-0.05, 0) is 18.2 Å². The van der Waals surface area contributed by atoms with E-state index >= 15 is 0 Å². The molecule has 0 radical (unpaired) electrons. The highest BCUT2D eigenvalue weighted by molar-refractivity contribution is 6.36. The number of halogens is 2. The predicted molar refractivity (Wildman–Crippen MR) is 55.1 cm³/mol. The maximum absolute atomic E-state index is 9.56. The van der Waals surface area contributed by atoms with Crippen LogP contribution in [0, 0.1) is 0 Å². The van der Waals surface area contributed by atoms with Crippen molar-refractivity contribution in [3.8, 4) is 0 Å². The van der Waals surface area contributed by atoms with Crippen LogP contribution in [-0.4, -0.2) is 5.11 Å². The number of aliphatic hydroxyl groups is 1. The number of aliphatic hydroxyl groups excluding tert-OH is 1. The maximum atomic E-state index is 9.56. The zero-order valence-corrected chi connectivity index (χ0v) is 8.31. The van der Waals surface area contributed by atoms with E-state index in [1.54, 1.807) is 18.2 Å². The van der Waals surface area contributed by atoms with Crippen LogP contribution in [0.4, 0.5) is 0 Å². The second-order valence-corrected chi connectivity index (χ2v) is 3.27. The topological polar surface area (TPSA) is 20.2 Å². The molecule has 0 fully saturated rings.